The zero-order chi connectivity index (χ0) is 10.9. The van der Waals surface area contributed by atoms with E-state index < -0.39 is 0 Å². The van der Waals surface area contributed by atoms with Crippen LogP contribution < -0.4 is 5.73 Å². The number of rotatable bonds is 3. The van der Waals surface area contributed by atoms with Gasteiger partial charge in [-0.25, -0.2) is 0 Å². The fourth-order valence-electron chi connectivity index (χ4n) is 1.68. The summed E-state index contributed by atoms with van der Waals surface area (Å²) in [5, 5.41) is 0. The minimum Gasteiger partial charge on any atom is -0.369 e. The summed E-state index contributed by atoms with van der Waals surface area (Å²) in [6.45, 7) is 12.5. The zero-order valence-corrected chi connectivity index (χ0v) is 9.77. The first-order valence-electron chi connectivity index (χ1n) is 4.89. The number of carbonyl (C=O) groups excluding carboxylic acids is 1. The lowest BCUT2D eigenvalue weighted by molar-refractivity contribution is -0.131. The number of carbonyl (C=O) groups is 1. The van der Waals surface area contributed by atoms with Crippen LogP contribution in [0.25, 0.3) is 0 Å². The molecule has 2 heteroatoms. The van der Waals surface area contributed by atoms with Crippen molar-refractivity contribution < 1.29 is 4.79 Å². The summed E-state index contributed by atoms with van der Waals surface area (Å²) in [5.74, 6) is 0.113. The normalized spacial score (nSPS) is 17.2. The van der Waals surface area contributed by atoms with Crippen LogP contribution in [0.2, 0.25) is 0 Å². The molecule has 78 valence electrons. The van der Waals surface area contributed by atoms with E-state index in [0.29, 0.717) is 5.92 Å². The van der Waals surface area contributed by atoms with Crippen molar-refractivity contribution in [2.75, 3.05) is 0 Å². The Morgan fingerprint density at radius 2 is 1.62 bits per heavy atom. The van der Waals surface area contributed by atoms with Crippen LogP contribution in [0.5, 0.6) is 0 Å². The maximum Gasteiger partial charge on any atom is 0.223 e. The van der Waals surface area contributed by atoms with E-state index in [9.17, 15) is 4.79 Å². The van der Waals surface area contributed by atoms with E-state index in [2.05, 4.69) is 34.6 Å². The Hall–Kier alpha value is -0.530. The second-order valence-electron chi connectivity index (χ2n) is 5.67. The van der Waals surface area contributed by atoms with Crippen LogP contribution >= 0.6 is 0 Å². The Bertz CT molecular complexity index is 191. The highest BCUT2D eigenvalue weighted by Gasteiger charge is 2.38. The summed E-state index contributed by atoms with van der Waals surface area (Å²) in [6.07, 6.45) is 0.840. The molecular weight excluding hydrogens is 162 g/mol. The van der Waals surface area contributed by atoms with Crippen molar-refractivity contribution in [2.45, 2.75) is 48.0 Å². The summed E-state index contributed by atoms with van der Waals surface area (Å²) in [5.41, 5.74) is 5.21. The van der Waals surface area contributed by atoms with Crippen LogP contribution in [0, 0.1) is 16.7 Å². The number of primary amides is 1. The van der Waals surface area contributed by atoms with Crippen LogP contribution in [0.1, 0.15) is 48.0 Å². The minimum atomic E-state index is -0.377. The number of nitrogens with two attached hydrogens (primary N) is 1. The Kier molecular flexibility index (Phi) is 3.54. The van der Waals surface area contributed by atoms with Crippen molar-refractivity contribution in [3.63, 3.8) is 0 Å². The summed E-state index contributed by atoms with van der Waals surface area (Å²) < 4.78 is 0. The molecule has 2 N–H and O–H groups in total. The minimum absolute atomic E-state index is 0.147. The molecule has 0 rings (SSSR count). The maximum absolute atomic E-state index is 11.4. The molecule has 0 radical (unpaired) electrons. The standard InChI is InChI=1S/C11H23NO/c1-8(2)11(6,9(12)13)7-10(3,4)5/h8H,7H2,1-6H3,(H2,12,13). The molecule has 0 fully saturated rings. The third-order valence-corrected chi connectivity index (χ3v) is 2.73. The van der Waals surface area contributed by atoms with E-state index >= 15 is 0 Å². The molecule has 0 saturated heterocycles. The van der Waals surface area contributed by atoms with Gasteiger partial charge in [-0.1, -0.05) is 41.5 Å². The van der Waals surface area contributed by atoms with Gasteiger partial charge in [-0.3, -0.25) is 4.79 Å². The average Bonchev–Trinajstić information content (AvgIpc) is 1.82. The van der Waals surface area contributed by atoms with Crippen LogP contribution in [0.4, 0.5) is 0 Å². The number of hydrogen-bond donors (Lipinski definition) is 1. The highest BCUT2D eigenvalue weighted by Crippen LogP contribution is 2.38. The molecule has 0 saturated carbocycles. The topological polar surface area (TPSA) is 43.1 Å². The molecule has 1 unspecified atom stereocenters. The Labute approximate surface area is 81.9 Å². The van der Waals surface area contributed by atoms with E-state index in [0.717, 1.165) is 6.42 Å². The van der Waals surface area contributed by atoms with E-state index in [4.69, 9.17) is 5.73 Å². The van der Waals surface area contributed by atoms with Gasteiger partial charge in [0.2, 0.25) is 5.91 Å². The van der Waals surface area contributed by atoms with Gasteiger partial charge in [0, 0.05) is 5.41 Å². The summed E-state index contributed by atoms with van der Waals surface area (Å²) in [7, 11) is 0. The fourth-order valence-corrected chi connectivity index (χ4v) is 1.68. The lowest BCUT2D eigenvalue weighted by Crippen LogP contribution is -2.41. The molecule has 13 heavy (non-hydrogen) atoms. The first-order chi connectivity index (χ1) is 5.59. The van der Waals surface area contributed by atoms with Crippen LogP contribution in [-0.4, -0.2) is 5.91 Å². The van der Waals surface area contributed by atoms with Gasteiger partial charge in [0.1, 0.15) is 0 Å². The lowest BCUT2D eigenvalue weighted by Gasteiger charge is -2.36. The summed E-state index contributed by atoms with van der Waals surface area (Å²) >= 11 is 0. The van der Waals surface area contributed by atoms with Gasteiger partial charge in [-0.05, 0) is 17.8 Å². The first-order valence-corrected chi connectivity index (χ1v) is 4.89. The van der Waals surface area contributed by atoms with E-state index in [1.165, 1.54) is 0 Å². The van der Waals surface area contributed by atoms with E-state index in [1.54, 1.807) is 0 Å². The zero-order valence-electron chi connectivity index (χ0n) is 9.77. The maximum atomic E-state index is 11.4. The third kappa shape index (κ3) is 3.37. The second kappa shape index (κ2) is 3.69. The smallest absolute Gasteiger partial charge is 0.223 e. The predicted molar refractivity (Wildman–Crippen MR) is 56.2 cm³/mol. The fraction of sp³-hybridized carbons (Fsp3) is 0.909. The van der Waals surface area contributed by atoms with Gasteiger partial charge in [-0.15, -0.1) is 0 Å². The van der Waals surface area contributed by atoms with Gasteiger partial charge in [0.25, 0.3) is 0 Å². The molecule has 2 nitrogen and oxygen atoms in total. The van der Waals surface area contributed by atoms with E-state index in [-0.39, 0.29) is 16.7 Å². The quantitative estimate of drug-likeness (QED) is 0.721. The molecular formula is C11H23NO. The van der Waals surface area contributed by atoms with Gasteiger partial charge < -0.3 is 5.73 Å². The highest BCUT2D eigenvalue weighted by molar-refractivity contribution is 5.80. The molecule has 0 aromatic rings. The second-order valence-corrected chi connectivity index (χ2v) is 5.67. The molecule has 1 amide bonds. The summed E-state index contributed by atoms with van der Waals surface area (Å²) in [4.78, 5) is 11.4. The van der Waals surface area contributed by atoms with Gasteiger partial charge in [0.05, 0.1) is 0 Å². The van der Waals surface area contributed by atoms with E-state index in [1.807, 2.05) is 6.92 Å². The van der Waals surface area contributed by atoms with Crippen molar-refractivity contribution >= 4 is 5.91 Å². The molecule has 0 heterocycles. The van der Waals surface area contributed by atoms with Crippen LogP contribution in [0.15, 0.2) is 0 Å². The largest absolute Gasteiger partial charge is 0.369 e. The first kappa shape index (κ1) is 12.5. The Morgan fingerprint density at radius 3 is 1.69 bits per heavy atom. The third-order valence-electron chi connectivity index (χ3n) is 2.73. The number of amides is 1. The molecule has 0 aliphatic rings. The molecule has 0 aliphatic carbocycles. The van der Waals surface area contributed by atoms with Crippen molar-refractivity contribution in [3.05, 3.63) is 0 Å². The predicted octanol–water partition coefficient (Wildman–Crippen LogP) is 2.57. The molecule has 0 spiro atoms. The molecule has 0 aromatic heterocycles. The Balaban J connectivity index is 4.73. The van der Waals surface area contributed by atoms with Crippen molar-refractivity contribution in [3.8, 4) is 0 Å². The molecule has 1 atom stereocenters. The van der Waals surface area contributed by atoms with Gasteiger partial charge in [-0.2, -0.15) is 0 Å². The highest BCUT2D eigenvalue weighted by atomic mass is 16.1. The molecule has 0 aliphatic heterocycles. The SMILES string of the molecule is CC(C)C(C)(CC(C)(C)C)C(N)=O. The molecule has 0 bridgehead atoms. The van der Waals surface area contributed by atoms with Gasteiger partial charge in [0.15, 0.2) is 0 Å². The average molecular weight is 185 g/mol. The summed E-state index contributed by atoms with van der Waals surface area (Å²) in [6, 6.07) is 0. The molecule has 0 aromatic carbocycles. The number of hydrogen-bond acceptors (Lipinski definition) is 1. The van der Waals surface area contributed by atoms with Gasteiger partial charge >= 0.3 is 0 Å². The van der Waals surface area contributed by atoms with Crippen LogP contribution in [-0.2, 0) is 4.79 Å². The van der Waals surface area contributed by atoms with Crippen molar-refractivity contribution in [2.24, 2.45) is 22.5 Å². The van der Waals surface area contributed by atoms with Crippen LogP contribution in [0.3, 0.4) is 0 Å². The van der Waals surface area contributed by atoms with Crippen molar-refractivity contribution in [1.82, 2.24) is 0 Å². The Morgan fingerprint density at radius 1 is 1.23 bits per heavy atom. The monoisotopic (exact) mass is 185 g/mol. The lowest BCUT2D eigenvalue weighted by atomic mass is 9.68. The van der Waals surface area contributed by atoms with Crippen molar-refractivity contribution in [1.29, 1.82) is 0 Å².